The van der Waals surface area contributed by atoms with Gasteiger partial charge in [0.1, 0.15) is 0 Å². The van der Waals surface area contributed by atoms with Crippen LogP contribution in [0.2, 0.25) is 0 Å². The number of methoxy groups -OCH3 is 1. The Morgan fingerprint density at radius 3 is 2.68 bits per heavy atom. The molecule has 10 nitrogen and oxygen atoms in total. The summed E-state index contributed by atoms with van der Waals surface area (Å²) in [4.78, 5) is 41.0. The molecule has 3 heterocycles. The summed E-state index contributed by atoms with van der Waals surface area (Å²) in [7, 11) is 4.69. The molecule has 0 aliphatic carbocycles. The molecule has 0 radical (unpaired) electrons. The highest BCUT2D eigenvalue weighted by Gasteiger charge is 2.32. The maximum Gasteiger partial charge on any atom is 0.332 e. The summed E-state index contributed by atoms with van der Waals surface area (Å²) in [5.74, 6) is -0.0856. The van der Waals surface area contributed by atoms with Crippen molar-refractivity contribution in [3.63, 3.8) is 0 Å². The molecule has 10 heteroatoms. The van der Waals surface area contributed by atoms with E-state index in [4.69, 9.17) is 4.74 Å². The Kier molecular flexibility index (Phi) is 5.99. The monoisotopic (exact) mass is 392 g/mol. The van der Waals surface area contributed by atoms with E-state index >= 15 is 0 Å². The van der Waals surface area contributed by atoms with E-state index in [1.54, 1.807) is 18.7 Å². The van der Waals surface area contributed by atoms with Crippen molar-refractivity contribution in [2.75, 3.05) is 33.4 Å². The van der Waals surface area contributed by atoms with Crippen LogP contribution in [0.5, 0.6) is 0 Å². The Balaban J connectivity index is 1.67. The molecule has 2 N–H and O–H groups in total. The summed E-state index contributed by atoms with van der Waals surface area (Å²) >= 11 is 0. The van der Waals surface area contributed by atoms with Gasteiger partial charge in [-0.3, -0.25) is 18.7 Å². The van der Waals surface area contributed by atoms with Crippen LogP contribution in [-0.2, 0) is 30.2 Å². The van der Waals surface area contributed by atoms with Crippen LogP contribution < -0.4 is 21.9 Å². The van der Waals surface area contributed by atoms with E-state index in [9.17, 15) is 14.4 Å². The summed E-state index contributed by atoms with van der Waals surface area (Å²) in [6.07, 6.45) is 3.63. The molecule has 0 aromatic carbocycles. The van der Waals surface area contributed by atoms with Gasteiger partial charge >= 0.3 is 5.69 Å². The lowest BCUT2D eigenvalue weighted by Crippen LogP contribution is -2.47. The summed E-state index contributed by atoms with van der Waals surface area (Å²) in [6, 6.07) is 0. The molecule has 3 rings (SSSR count). The van der Waals surface area contributed by atoms with Crippen LogP contribution in [0.3, 0.4) is 0 Å². The molecule has 28 heavy (non-hydrogen) atoms. The first-order valence-electron chi connectivity index (χ1n) is 9.46. The number of hydrogen-bond acceptors (Lipinski definition) is 6. The average Bonchev–Trinajstić information content (AvgIpc) is 3.13. The third-order valence-electron chi connectivity index (χ3n) is 5.57. The summed E-state index contributed by atoms with van der Waals surface area (Å²) < 4.78 is 9.38. The zero-order valence-electron chi connectivity index (χ0n) is 16.7. The maximum absolute atomic E-state index is 12.4. The fourth-order valence-electron chi connectivity index (χ4n) is 3.80. The number of rotatable bonds is 7. The van der Waals surface area contributed by atoms with Crippen LogP contribution in [0.1, 0.15) is 19.3 Å². The normalized spacial score (nSPS) is 16.4. The van der Waals surface area contributed by atoms with Crippen LogP contribution in [0.15, 0.2) is 15.9 Å². The Morgan fingerprint density at radius 2 is 2.00 bits per heavy atom. The lowest BCUT2D eigenvalue weighted by molar-refractivity contribution is -0.122. The smallest absolute Gasteiger partial charge is 0.332 e. The Morgan fingerprint density at radius 1 is 1.29 bits per heavy atom. The van der Waals surface area contributed by atoms with Gasteiger partial charge in [-0.2, -0.15) is 0 Å². The van der Waals surface area contributed by atoms with E-state index in [1.165, 1.54) is 17.9 Å². The molecule has 1 fully saturated rings. The number of amides is 1. The standard InChI is InChI=1S/C18H28N6O4/c1-22-15-14(16(26)23(2)17(22)27)24(12-21-15)9-4-13(25)20-10-18(11-28-3)5-7-19-8-6-18/h12,19H,4-11H2,1-3H3,(H,20,25). The van der Waals surface area contributed by atoms with E-state index in [-0.39, 0.29) is 17.7 Å². The molecule has 0 bridgehead atoms. The molecule has 2 aromatic heterocycles. The average molecular weight is 392 g/mol. The number of aromatic nitrogens is 4. The molecule has 1 saturated heterocycles. The van der Waals surface area contributed by atoms with Gasteiger partial charge in [0.25, 0.3) is 5.56 Å². The van der Waals surface area contributed by atoms with Gasteiger partial charge in [-0.15, -0.1) is 0 Å². The molecule has 1 aliphatic rings. The van der Waals surface area contributed by atoms with Crippen LogP contribution in [0.4, 0.5) is 0 Å². The third kappa shape index (κ3) is 3.88. The van der Waals surface area contributed by atoms with E-state index in [0.717, 1.165) is 30.5 Å². The van der Waals surface area contributed by atoms with E-state index in [2.05, 4.69) is 15.6 Å². The Labute approximate surface area is 162 Å². The highest BCUT2D eigenvalue weighted by atomic mass is 16.5. The Hall–Kier alpha value is -2.46. The van der Waals surface area contributed by atoms with Gasteiger partial charge in [0.2, 0.25) is 5.91 Å². The van der Waals surface area contributed by atoms with Crippen molar-refractivity contribution in [2.24, 2.45) is 19.5 Å². The van der Waals surface area contributed by atoms with Crippen molar-refractivity contribution in [3.8, 4) is 0 Å². The number of imidazole rings is 1. The number of nitrogens with zero attached hydrogens (tertiary/aromatic N) is 4. The first-order chi connectivity index (χ1) is 13.4. The first kappa shape index (κ1) is 20.3. The summed E-state index contributed by atoms with van der Waals surface area (Å²) in [5.41, 5.74) is -0.226. The fraction of sp³-hybridized carbons (Fsp3) is 0.667. The fourth-order valence-corrected chi connectivity index (χ4v) is 3.80. The summed E-state index contributed by atoms with van der Waals surface area (Å²) in [5, 5.41) is 6.35. The van der Waals surface area contributed by atoms with Gasteiger partial charge in [-0.25, -0.2) is 9.78 Å². The SMILES string of the molecule is COCC1(CNC(=O)CCn2cnc3c2c(=O)n(C)c(=O)n3C)CCNCC1. The number of carbonyl (C=O) groups is 1. The Bertz CT molecular complexity index is 961. The van der Waals surface area contributed by atoms with Crippen molar-refractivity contribution in [1.82, 2.24) is 29.3 Å². The first-order valence-corrected chi connectivity index (χ1v) is 9.46. The molecule has 1 aliphatic heterocycles. The highest BCUT2D eigenvalue weighted by Crippen LogP contribution is 2.28. The minimum atomic E-state index is -0.425. The van der Waals surface area contributed by atoms with E-state index < -0.39 is 11.2 Å². The minimum absolute atomic E-state index is 0.0361. The second-order valence-corrected chi connectivity index (χ2v) is 7.53. The van der Waals surface area contributed by atoms with Crippen LogP contribution >= 0.6 is 0 Å². The molecule has 0 unspecified atom stereocenters. The van der Waals surface area contributed by atoms with Gasteiger partial charge in [-0.05, 0) is 25.9 Å². The number of carbonyl (C=O) groups excluding carboxylic acids is 1. The predicted octanol–water partition coefficient (Wildman–Crippen LogP) is -1.04. The molecular formula is C18H28N6O4. The number of fused-ring (bicyclic) bond motifs is 1. The zero-order chi connectivity index (χ0) is 20.3. The van der Waals surface area contributed by atoms with Crippen molar-refractivity contribution in [3.05, 3.63) is 27.2 Å². The largest absolute Gasteiger partial charge is 0.384 e. The van der Waals surface area contributed by atoms with Gasteiger partial charge < -0.3 is 19.9 Å². The predicted molar refractivity (Wildman–Crippen MR) is 104 cm³/mol. The van der Waals surface area contributed by atoms with Gasteiger partial charge in [0.15, 0.2) is 11.2 Å². The molecule has 154 valence electrons. The zero-order valence-corrected chi connectivity index (χ0v) is 16.7. The maximum atomic E-state index is 12.4. The molecule has 2 aromatic rings. The van der Waals surface area contributed by atoms with E-state index in [0.29, 0.717) is 30.9 Å². The topological polar surface area (TPSA) is 112 Å². The quantitative estimate of drug-likeness (QED) is 0.622. The lowest BCUT2D eigenvalue weighted by atomic mass is 9.79. The van der Waals surface area contributed by atoms with Gasteiger partial charge in [0.05, 0.1) is 12.9 Å². The van der Waals surface area contributed by atoms with Gasteiger partial charge in [0, 0.05) is 46.1 Å². The van der Waals surface area contributed by atoms with Crippen LogP contribution in [0, 0.1) is 5.41 Å². The highest BCUT2D eigenvalue weighted by molar-refractivity contribution is 5.76. The van der Waals surface area contributed by atoms with Crippen LogP contribution in [0.25, 0.3) is 11.2 Å². The van der Waals surface area contributed by atoms with Crippen molar-refractivity contribution >= 4 is 17.1 Å². The van der Waals surface area contributed by atoms with Crippen molar-refractivity contribution in [1.29, 1.82) is 0 Å². The second kappa shape index (κ2) is 8.27. The molecule has 1 amide bonds. The summed E-state index contributed by atoms with van der Waals surface area (Å²) in [6.45, 7) is 3.34. The number of ether oxygens (including phenoxy) is 1. The molecule has 0 saturated carbocycles. The number of aryl methyl sites for hydroxylation is 2. The van der Waals surface area contributed by atoms with Gasteiger partial charge in [-0.1, -0.05) is 0 Å². The lowest BCUT2D eigenvalue weighted by Gasteiger charge is -2.37. The van der Waals surface area contributed by atoms with E-state index in [1.807, 2.05) is 0 Å². The third-order valence-corrected chi connectivity index (χ3v) is 5.57. The molecule has 0 atom stereocenters. The number of piperidine rings is 1. The number of hydrogen-bond donors (Lipinski definition) is 2. The second-order valence-electron chi connectivity index (χ2n) is 7.53. The molecule has 0 spiro atoms. The number of nitrogens with one attached hydrogen (secondary N) is 2. The van der Waals surface area contributed by atoms with Crippen LogP contribution in [-0.4, -0.2) is 57.9 Å². The van der Waals surface area contributed by atoms with Crippen molar-refractivity contribution in [2.45, 2.75) is 25.8 Å². The van der Waals surface area contributed by atoms with Crippen molar-refractivity contribution < 1.29 is 9.53 Å². The minimum Gasteiger partial charge on any atom is -0.384 e. The molecular weight excluding hydrogens is 364 g/mol.